The van der Waals surface area contributed by atoms with E-state index in [1.807, 2.05) is 47.3 Å². The summed E-state index contributed by atoms with van der Waals surface area (Å²) in [7, 11) is 0. The summed E-state index contributed by atoms with van der Waals surface area (Å²) in [6.45, 7) is 2.53. The standard InChI is InChI=1S/C20H22FIN2O3/c21-20-19(2-1-7-23-20)26-17-8-14-10-24(11-15(14)9-17)12-18(25)13-3-5-16(27-22)6-4-13/h1-7,14-15,17-18,25H,8-12H2/t14-,15+,17?,18?. The van der Waals surface area contributed by atoms with Crippen LogP contribution in [-0.2, 0) is 0 Å². The lowest BCUT2D eigenvalue weighted by Crippen LogP contribution is -2.29. The molecule has 1 saturated heterocycles. The number of aliphatic hydroxyl groups excluding tert-OH is 1. The fourth-order valence-electron chi connectivity index (χ4n) is 4.32. The Morgan fingerprint density at radius 2 is 1.89 bits per heavy atom. The van der Waals surface area contributed by atoms with Crippen LogP contribution in [0.2, 0.25) is 0 Å². The van der Waals surface area contributed by atoms with Crippen LogP contribution >= 0.6 is 23.0 Å². The molecule has 2 heterocycles. The van der Waals surface area contributed by atoms with Gasteiger partial charge in [0.1, 0.15) is 5.75 Å². The van der Waals surface area contributed by atoms with Crippen molar-refractivity contribution >= 4 is 23.0 Å². The molecule has 4 rings (SSSR count). The zero-order valence-corrected chi connectivity index (χ0v) is 17.0. The number of aromatic nitrogens is 1. The highest BCUT2D eigenvalue weighted by atomic mass is 127. The molecule has 2 aromatic rings. The molecule has 2 unspecified atom stereocenters. The summed E-state index contributed by atoms with van der Waals surface area (Å²) in [6.07, 6.45) is 2.81. The minimum atomic E-state index is -0.543. The van der Waals surface area contributed by atoms with Crippen LogP contribution in [0.1, 0.15) is 24.5 Å². The van der Waals surface area contributed by atoms with E-state index in [-0.39, 0.29) is 11.9 Å². The molecule has 7 heteroatoms. The highest BCUT2D eigenvalue weighted by Crippen LogP contribution is 2.40. The molecule has 0 radical (unpaired) electrons. The Bertz CT molecular complexity index is 762. The normalized spacial score (nSPS) is 26.0. The van der Waals surface area contributed by atoms with Gasteiger partial charge in [0.05, 0.1) is 12.2 Å². The number of halogens is 2. The van der Waals surface area contributed by atoms with Crippen molar-refractivity contribution in [3.63, 3.8) is 0 Å². The van der Waals surface area contributed by atoms with Crippen LogP contribution in [0.5, 0.6) is 11.5 Å². The number of ether oxygens (including phenoxy) is 1. The molecule has 5 nitrogen and oxygen atoms in total. The molecule has 27 heavy (non-hydrogen) atoms. The molecule has 144 valence electrons. The van der Waals surface area contributed by atoms with Crippen molar-refractivity contribution in [1.82, 2.24) is 9.88 Å². The SMILES string of the molecule is OC(CN1C[C@H]2CC(Oc3cccnc3F)C[C@H]2C1)c1ccc(OI)cc1. The van der Waals surface area contributed by atoms with Crippen molar-refractivity contribution in [2.75, 3.05) is 19.6 Å². The van der Waals surface area contributed by atoms with E-state index in [0.29, 0.717) is 18.4 Å². The molecule has 1 aliphatic heterocycles. The Hall–Kier alpha value is -1.45. The van der Waals surface area contributed by atoms with Crippen LogP contribution in [0.25, 0.3) is 0 Å². The second-order valence-corrected chi connectivity index (χ2v) is 7.84. The van der Waals surface area contributed by atoms with Crippen molar-refractivity contribution in [2.24, 2.45) is 11.8 Å². The van der Waals surface area contributed by atoms with Crippen molar-refractivity contribution in [3.8, 4) is 11.5 Å². The van der Waals surface area contributed by atoms with Crippen LogP contribution in [0.15, 0.2) is 42.6 Å². The van der Waals surface area contributed by atoms with E-state index in [1.165, 1.54) is 6.20 Å². The van der Waals surface area contributed by atoms with Gasteiger partial charge in [-0.15, -0.1) is 0 Å². The van der Waals surface area contributed by atoms with E-state index in [1.54, 1.807) is 12.1 Å². The molecule has 0 spiro atoms. The quantitative estimate of drug-likeness (QED) is 0.500. The minimum absolute atomic E-state index is 0.0478. The molecule has 2 aliphatic rings. The van der Waals surface area contributed by atoms with Gasteiger partial charge < -0.3 is 12.9 Å². The number of hydrogen-bond acceptors (Lipinski definition) is 5. The number of pyridine rings is 1. The van der Waals surface area contributed by atoms with Crippen LogP contribution in [0.4, 0.5) is 4.39 Å². The van der Waals surface area contributed by atoms with Gasteiger partial charge in [-0.3, -0.25) is 4.90 Å². The Morgan fingerprint density at radius 1 is 1.19 bits per heavy atom. The number of rotatable bonds is 6. The van der Waals surface area contributed by atoms with E-state index < -0.39 is 12.1 Å². The smallest absolute Gasteiger partial charge is 0.255 e. The summed E-state index contributed by atoms with van der Waals surface area (Å²) in [5.74, 6) is 1.55. The Kier molecular flexibility index (Phi) is 5.79. The Labute approximate surface area is 172 Å². The molecule has 0 bridgehead atoms. The fraction of sp³-hybridized carbons (Fsp3) is 0.450. The third-order valence-electron chi connectivity index (χ3n) is 5.59. The molecule has 0 amide bonds. The van der Waals surface area contributed by atoms with Gasteiger partial charge in [0.25, 0.3) is 5.95 Å². The van der Waals surface area contributed by atoms with E-state index >= 15 is 0 Å². The van der Waals surface area contributed by atoms with Crippen molar-refractivity contribution < 1.29 is 17.3 Å². The van der Waals surface area contributed by atoms with Crippen LogP contribution in [-0.4, -0.2) is 40.7 Å². The summed E-state index contributed by atoms with van der Waals surface area (Å²) < 4.78 is 24.6. The second kappa shape index (κ2) is 8.28. The number of nitrogens with zero attached hydrogens (tertiary/aromatic N) is 2. The predicted octanol–water partition coefficient (Wildman–Crippen LogP) is 3.77. The van der Waals surface area contributed by atoms with E-state index in [4.69, 9.17) is 7.80 Å². The molecule has 1 N–H and O–H groups in total. The molecule has 1 aromatic carbocycles. The number of hydrogen-bond donors (Lipinski definition) is 1. The maximum absolute atomic E-state index is 13.7. The first-order valence-electron chi connectivity index (χ1n) is 9.18. The van der Waals surface area contributed by atoms with Crippen molar-refractivity contribution in [3.05, 3.63) is 54.1 Å². The van der Waals surface area contributed by atoms with Crippen LogP contribution < -0.4 is 7.80 Å². The highest BCUT2D eigenvalue weighted by Gasteiger charge is 2.42. The van der Waals surface area contributed by atoms with Gasteiger partial charge in [-0.25, -0.2) is 4.98 Å². The van der Waals surface area contributed by atoms with Crippen LogP contribution in [0.3, 0.4) is 0 Å². The lowest BCUT2D eigenvalue weighted by atomic mass is 10.0. The van der Waals surface area contributed by atoms with Gasteiger partial charge in [-0.1, -0.05) is 12.1 Å². The molecule has 1 saturated carbocycles. The summed E-state index contributed by atoms with van der Waals surface area (Å²) in [6, 6.07) is 10.9. The van der Waals surface area contributed by atoms with E-state index in [2.05, 4.69) is 9.88 Å². The Morgan fingerprint density at radius 3 is 2.52 bits per heavy atom. The first-order chi connectivity index (χ1) is 13.1. The van der Waals surface area contributed by atoms with Gasteiger partial charge in [0.15, 0.2) is 28.8 Å². The van der Waals surface area contributed by atoms with Gasteiger partial charge in [0, 0.05) is 25.8 Å². The summed E-state index contributed by atoms with van der Waals surface area (Å²) in [4.78, 5) is 5.96. The van der Waals surface area contributed by atoms with E-state index in [0.717, 1.165) is 37.2 Å². The van der Waals surface area contributed by atoms with E-state index in [9.17, 15) is 9.50 Å². The summed E-state index contributed by atoms with van der Waals surface area (Å²) in [5, 5.41) is 10.5. The number of β-amino-alcohol motifs (C(OH)–C–C–N with tert-alkyl or cyclic N) is 1. The molecule has 1 aliphatic carbocycles. The number of likely N-dealkylation sites (tertiary alicyclic amines) is 1. The largest absolute Gasteiger partial charge is 0.486 e. The maximum atomic E-state index is 13.7. The highest BCUT2D eigenvalue weighted by molar-refractivity contribution is 14.1. The average molecular weight is 484 g/mol. The average Bonchev–Trinajstić information content (AvgIpc) is 3.21. The molecular weight excluding hydrogens is 462 g/mol. The predicted molar refractivity (Wildman–Crippen MR) is 107 cm³/mol. The summed E-state index contributed by atoms with van der Waals surface area (Å²) >= 11 is 1.84. The molecular formula is C20H22FIN2O3. The fourth-order valence-corrected chi connectivity index (χ4v) is 4.61. The van der Waals surface area contributed by atoms with Gasteiger partial charge in [-0.05, 0) is 54.5 Å². The maximum Gasteiger partial charge on any atom is 0.255 e. The lowest BCUT2D eigenvalue weighted by Gasteiger charge is -2.22. The molecule has 1 aromatic heterocycles. The van der Waals surface area contributed by atoms with Gasteiger partial charge in [0.2, 0.25) is 0 Å². The van der Waals surface area contributed by atoms with Crippen molar-refractivity contribution in [1.29, 1.82) is 0 Å². The second-order valence-electron chi connectivity index (χ2n) is 7.40. The zero-order chi connectivity index (χ0) is 18.8. The van der Waals surface area contributed by atoms with Crippen molar-refractivity contribution in [2.45, 2.75) is 25.0 Å². The third-order valence-corrected chi connectivity index (χ3v) is 6.10. The monoisotopic (exact) mass is 484 g/mol. The molecule has 4 atom stereocenters. The van der Waals surface area contributed by atoms with Gasteiger partial charge in [-0.2, -0.15) is 4.39 Å². The number of aliphatic hydroxyl groups is 1. The lowest BCUT2D eigenvalue weighted by molar-refractivity contribution is 0.115. The molecule has 2 fully saturated rings. The minimum Gasteiger partial charge on any atom is -0.486 e. The Balaban J connectivity index is 1.28. The van der Waals surface area contributed by atoms with Gasteiger partial charge >= 0.3 is 0 Å². The first kappa shape index (κ1) is 18.9. The third kappa shape index (κ3) is 4.35. The topological polar surface area (TPSA) is 54.8 Å². The zero-order valence-electron chi connectivity index (χ0n) is 14.8. The van der Waals surface area contributed by atoms with Crippen LogP contribution in [0, 0.1) is 17.8 Å². The first-order valence-corrected chi connectivity index (χ1v) is 10.1. The summed E-state index contributed by atoms with van der Waals surface area (Å²) in [5.41, 5.74) is 0.900. The number of benzene rings is 1. The number of fused-ring (bicyclic) bond motifs is 1.